The minimum absolute atomic E-state index is 0.0277. The maximum Gasteiger partial charge on any atom is 0.338 e. The Hall–Kier alpha value is -4.03. The zero-order valence-corrected chi connectivity index (χ0v) is 24.4. The number of ether oxygens (including phenoxy) is 3. The van der Waals surface area contributed by atoms with Crippen LogP contribution < -0.4 is 15.4 Å². The van der Waals surface area contributed by atoms with E-state index in [0.717, 1.165) is 55.6 Å². The van der Waals surface area contributed by atoms with Gasteiger partial charge in [0.15, 0.2) is 11.6 Å². The van der Waals surface area contributed by atoms with Gasteiger partial charge in [0.25, 0.3) is 0 Å². The molecule has 1 saturated heterocycles. The first-order valence-electron chi connectivity index (χ1n) is 14.3. The standard InChI is InChI=1S/C31H36F2N4O6/c1-41-17-25-27(29(38)43-3)28(19-10-13-23(32)24(33)14-19)37(31(40)35-25)30(39)34-20-15-36(16-20)21-11-8-18(9-12-21)22-6-4-5-7-26(22)42-2/h4-7,10,13-14,18,20-21,28H,8-9,11-12,15-17H2,1-3H3,(H,34,39)(H,35,40)/t18?,21?,28-/m0/s1. The van der Waals surface area contributed by atoms with E-state index in [4.69, 9.17) is 14.2 Å². The summed E-state index contributed by atoms with van der Waals surface area (Å²) in [7, 11) is 4.21. The summed E-state index contributed by atoms with van der Waals surface area (Å²) in [4.78, 5) is 42.8. The molecule has 10 nitrogen and oxygen atoms in total. The first-order valence-corrected chi connectivity index (χ1v) is 14.3. The van der Waals surface area contributed by atoms with Crippen LogP contribution in [0.25, 0.3) is 0 Å². The predicted molar refractivity (Wildman–Crippen MR) is 152 cm³/mol. The Labute approximate surface area is 248 Å². The van der Waals surface area contributed by atoms with Gasteiger partial charge in [-0.1, -0.05) is 24.3 Å². The van der Waals surface area contributed by atoms with Crippen molar-refractivity contribution < 1.29 is 37.4 Å². The largest absolute Gasteiger partial charge is 0.496 e. The van der Waals surface area contributed by atoms with Crippen molar-refractivity contribution in [3.05, 3.63) is 76.5 Å². The molecule has 3 aliphatic rings. The van der Waals surface area contributed by atoms with E-state index in [1.807, 2.05) is 18.2 Å². The topological polar surface area (TPSA) is 109 Å². The Morgan fingerprint density at radius 1 is 1.00 bits per heavy atom. The molecule has 1 atom stereocenters. The van der Waals surface area contributed by atoms with E-state index in [-0.39, 0.29) is 29.5 Å². The van der Waals surface area contributed by atoms with Crippen molar-refractivity contribution in [2.24, 2.45) is 0 Å². The normalized spacial score (nSPS) is 23.0. The van der Waals surface area contributed by atoms with Crippen molar-refractivity contribution in [2.45, 2.75) is 49.7 Å². The maximum atomic E-state index is 14.3. The van der Waals surface area contributed by atoms with Crippen LogP contribution in [0.4, 0.5) is 18.4 Å². The highest BCUT2D eigenvalue weighted by Crippen LogP contribution is 2.40. The lowest BCUT2D eigenvalue weighted by atomic mass is 9.80. The van der Waals surface area contributed by atoms with Gasteiger partial charge < -0.3 is 24.8 Å². The van der Waals surface area contributed by atoms with Crippen LogP contribution >= 0.6 is 0 Å². The minimum Gasteiger partial charge on any atom is -0.496 e. The fourth-order valence-corrected chi connectivity index (χ4v) is 6.38. The Balaban J connectivity index is 1.27. The van der Waals surface area contributed by atoms with Crippen LogP contribution in [-0.4, -0.2) is 80.9 Å². The van der Waals surface area contributed by atoms with Crippen LogP contribution in [-0.2, 0) is 14.3 Å². The number of amides is 4. The average molecular weight is 599 g/mol. The fourth-order valence-electron chi connectivity index (χ4n) is 6.38. The van der Waals surface area contributed by atoms with Gasteiger partial charge in [0, 0.05) is 26.2 Å². The van der Waals surface area contributed by atoms with Gasteiger partial charge in [-0.2, -0.15) is 0 Å². The van der Waals surface area contributed by atoms with Crippen LogP contribution in [0.15, 0.2) is 53.7 Å². The predicted octanol–water partition coefficient (Wildman–Crippen LogP) is 4.23. The second-order valence-electron chi connectivity index (χ2n) is 11.0. The smallest absolute Gasteiger partial charge is 0.338 e. The number of hydrogen-bond acceptors (Lipinski definition) is 7. The van der Waals surface area contributed by atoms with Crippen molar-refractivity contribution in [3.63, 3.8) is 0 Å². The molecule has 2 aromatic carbocycles. The molecule has 5 rings (SSSR count). The Bertz CT molecular complexity index is 1400. The van der Waals surface area contributed by atoms with Crippen LogP contribution in [0.3, 0.4) is 0 Å². The van der Waals surface area contributed by atoms with Gasteiger partial charge in [-0.05, 0) is 60.9 Å². The lowest BCUT2D eigenvalue weighted by Crippen LogP contribution is -2.65. The molecule has 2 heterocycles. The molecule has 0 aromatic heterocycles. The van der Waals surface area contributed by atoms with Crippen molar-refractivity contribution in [1.29, 1.82) is 0 Å². The highest BCUT2D eigenvalue weighted by Gasteiger charge is 2.45. The number of methoxy groups -OCH3 is 3. The molecule has 0 bridgehead atoms. The van der Waals surface area contributed by atoms with Gasteiger partial charge in [0.05, 0.1) is 38.1 Å². The van der Waals surface area contributed by atoms with Gasteiger partial charge in [0.2, 0.25) is 0 Å². The van der Waals surface area contributed by atoms with Crippen LogP contribution in [0.2, 0.25) is 0 Å². The number of likely N-dealkylation sites (tertiary alicyclic amines) is 1. The number of para-hydroxylation sites is 1. The molecule has 1 aliphatic carbocycles. The van der Waals surface area contributed by atoms with Gasteiger partial charge in [-0.15, -0.1) is 0 Å². The third kappa shape index (κ3) is 6.21. The summed E-state index contributed by atoms with van der Waals surface area (Å²) in [6.07, 6.45) is 4.11. The number of nitrogens with one attached hydrogen (secondary N) is 2. The molecule has 1 saturated carbocycles. The molecule has 12 heteroatoms. The Morgan fingerprint density at radius 2 is 1.72 bits per heavy atom. The SMILES string of the molecule is COCC1=C(C(=O)OC)[C@H](c2ccc(F)c(F)c2)N(C(=O)NC2CN(C3CCC(c4ccccc4OC)CC3)C2)C(=O)N1. The molecule has 2 aromatic rings. The first-order chi connectivity index (χ1) is 20.7. The van der Waals surface area contributed by atoms with Crippen molar-refractivity contribution in [1.82, 2.24) is 20.4 Å². The highest BCUT2D eigenvalue weighted by molar-refractivity contribution is 6.01. The number of urea groups is 2. The minimum atomic E-state index is -1.37. The third-order valence-electron chi connectivity index (χ3n) is 8.53. The Morgan fingerprint density at radius 3 is 2.37 bits per heavy atom. The number of esters is 1. The second-order valence-corrected chi connectivity index (χ2v) is 11.0. The van der Waals surface area contributed by atoms with Crippen LogP contribution in [0.1, 0.15) is 48.8 Å². The van der Waals surface area contributed by atoms with Crippen LogP contribution in [0.5, 0.6) is 5.75 Å². The summed E-state index contributed by atoms with van der Waals surface area (Å²) in [6, 6.07) is 8.27. The van der Waals surface area contributed by atoms with E-state index in [2.05, 4.69) is 21.6 Å². The maximum absolute atomic E-state index is 14.3. The molecular formula is C31H36F2N4O6. The molecule has 0 unspecified atom stereocenters. The van der Waals surface area contributed by atoms with Gasteiger partial charge in [-0.25, -0.2) is 28.1 Å². The monoisotopic (exact) mass is 598 g/mol. The molecule has 43 heavy (non-hydrogen) atoms. The quantitative estimate of drug-likeness (QED) is 0.438. The van der Waals surface area contributed by atoms with E-state index in [9.17, 15) is 23.2 Å². The summed E-state index contributed by atoms with van der Waals surface area (Å²) in [5.41, 5.74) is 1.21. The second kappa shape index (κ2) is 13.1. The van der Waals surface area contributed by atoms with Gasteiger partial charge in [0.1, 0.15) is 11.8 Å². The number of benzene rings is 2. The molecule has 2 N–H and O–H groups in total. The molecule has 2 aliphatic heterocycles. The lowest BCUT2D eigenvalue weighted by molar-refractivity contribution is -0.137. The molecule has 230 valence electrons. The summed E-state index contributed by atoms with van der Waals surface area (Å²) in [5, 5.41) is 5.41. The number of imide groups is 1. The van der Waals surface area contributed by atoms with Gasteiger partial charge >= 0.3 is 18.0 Å². The van der Waals surface area contributed by atoms with E-state index in [0.29, 0.717) is 25.0 Å². The first kappa shape index (κ1) is 30.4. The zero-order valence-electron chi connectivity index (χ0n) is 24.4. The van der Waals surface area contributed by atoms with Crippen molar-refractivity contribution in [3.8, 4) is 5.75 Å². The number of nitrogens with zero attached hydrogens (tertiary/aromatic N) is 2. The zero-order chi connectivity index (χ0) is 30.7. The number of carbonyl (C=O) groups excluding carboxylic acids is 3. The number of hydrogen-bond donors (Lipinski definition) is 2. The van der Waals surface area contributed by atoms with Crippen molar-refractivity contribution >= 4 is 18.0 Å². The van der Waals surface area contributed by atoms with Crippen LogP contribution in [0, 0.1) is 11.6 Å². The van der Waals surface area contributed by atoms with Crippen molar-refractivity contribution in [2.75, 3.05) is 41.0 Å². The summed E-state index contributed by atoms with van der Waals surface area (Å²) in [5.74, 6) is -1.78. The average Bonchev–Trinajstić information content (AvgIpc) is 2.99. The van der Waals surface area contributed by atoms with E-state index in [1.165, 1.54) is 18.7 Å². The summed E-state index contributed by atoms with van der Waals surface area (Å²) >= 11 is 0. The van der Waals surface area contributed by atoms with E-state index >= 15 is 0 Å². The molecule has 0 spiro atoms. The summed E-state index contributed by atoms with van der Waals surface area (Å²) in [6.45, 7) is 1.04. The number of carbonyl (C=O) groups is 3. The van der Waals surface area contributed by atoms with E-state index < -0.39 is 35.7 Å². The Kier molecular flexibility index (Phi) is 9.26. The molecular weight excluding hydrogens is 562 g/mol. The lowest BCUT2D eigenvalue weighted by Gasteiger charge is -2.47. The third-order valence-corrected chi connectivity index (χ3v) is 8.53. The van der Waals surface area contributed by atoms with Gasteiger partial charge in [-0.3, -0.25) is 4.90 Å². The molecule has 2 fully saturated rings. The molecule has 4 amide bonds. The molecule has 0 radical (unpaired) electrons. The number of halogens is 2. The van der Waals surface area contributed by atoms with E-state index in [1.54, 1.807) is 7.11 Å². The highest BCUT2D eigenvalue weighted by atomic mass is 19.2. The number of rotatable bonds is 8. The summed E-state index contributed by atoms with van der Waals surface area (Å²) < 4.78 is 43.7. The fraction of sp³-hybridized carbons (Fsp3) is 0.452.